The molecule has 0 atom stereocenters. The van der Waals surface area contributed by atoms with Crippen LogP contribution in [0.5, 0.6) is 0 Å². The third kappa shape index (κ3) is 3.16. The number of aromatic nitrogens is 1. The molecule has 1 aliphatic heterocycles. The van der Waals surface area contributed by atoms with Crippen molar-refractivity contribution in [2.75, 3.05) is 13.1 Å². The van der Waals surface area contributed by atoms with Gasteiger partial charge < -0.3 is 5.32 Å². The van der Waals surface area contributed by atoms with E-state index < -0.39 is 11.7 Å². The van der Waals surface area contributed by atoms with Crippen molar-refractivity contribution in [1.29, 1.82) is 0 Å². The first-order valence-electron chi connectivity index (χ1n) is 9.02. The van der Waals surface area contributed by atoms with Gasteiger partial charge in [0.2, 0.25) is 0 Å². The fourth-order valence-electron chi connectivity index (χ4n) is 3.99. The van der Waals surface area contributed by atoms with Gasteiger partial charge in [0, 0.05) is 11.8 Å². The molecule has 1 aliphatic carbocycles. The second-order valence-corrected chi connectivity index (χ2v) is 7.12. The maximum absolute atomic E-state index is 13.2. The van der Waals surface area contributed by atoms with Crippen LogP contribution in [-0.4, -0.2) is 18.1 Å². The minimum Gasteiger partial charge on any atom is -0.316 e. The number of nitrogens with zero attached hydrogens (tertiary/aromatic N) is 1. The summed E-state index contributed by atoms with van der Waals surface area (Å²) in [5.41, 5.74) is 6.65. The molecule has 0 spiro atoms. The van der Waals surface area contributed by atoms with E-state index in [4.69, 9.17) is 0 Å². The third-order valence-corrected chi connectivity index (χ3v) is 5.29. The van der Waals surface area contributed by atoms with Crippen LogP contribution in [0.1, 0.15) is 46.4 Å². The van der Waals surface area contributed by atoms with Crippen LogP contribution in [-0.2, 0) is 19.0 Å². The molecule has 2 heterocycles. The van der Waals surface area contributed by atoms with Crippen LogP contribution in [0.25, 0.3) is 5.57 Å². The maximum atomic E-state index is 13.2. The summed E-state index contributed by atoms with van der Waals surface area (Å²) in [5.74, 6) is 0. The van der Waals surface area contributed by atoms with Crippen molar-refractivity contribution < 1.29 is 13.2 Å². The number of piperidine rings is 1. The Bertz CT molecular complexity index is 873. The largest absolute Gasteiger partial charge is 0.417 e. The van der Waals surface area contributed by atoms with Gasteiger partial charge in [0.1, 0.15) is 0 Å². The Morgan fingerprint density at radius 3 is 2.42 bits per heavy atom. The standard InChI is InChI=1S/C21H21F3N2/c1-13-2-5-18-15(10-13)3-4-16-11-17(21(22,23)24)12-26-20(16)19(18)14-6-8-25-9-7-14/h2,5,10-12,25H,3-4,6-9H2,1H3. The first kappa shape index (κ1) is 17.3. The van der Waals surface area contributed by atoms with Gasteiger partial charge in [-0.05, 0) is 68.5 Å². The number of hydrogen-bond donors (Lipinski definition) is 1. The molecule has 0 saturated carbocycles. The summed E-state index contributed by atoms with van der Waals surface area (Å²) < 4.78 is 39.5. The van der Waals surface area contributed by atoms with Crippen molar-refractivity contribution >= 4 is 5.57 Å². The molecule has 1 fully saturated rings. The summed E-state index contributed by atoms with van der Waals surface area (Å²) >= 11 is 0. The smallest absolute Gasteiger partial charge is 0.316 e. The highest BCUT2D eigenvalue weighted by atomic mass is 19.4. The molecule has 1 saturated heterocycles. The predicted octanol–water partition coefficient (Wildman–Crippen LogP) is 4.69. The summed E-state index contributed by atoms with van der Waals surface area (Å²) in [7, 11) is 0. The summed E-state index contributed by atoms with van der Waals surface area (Å²) in [6.45, 7) is 3.85. The van der Waals surface area contributed by atoms with Gasteiger partial charge in [-0.15, -0.1) is 0 Å². The van der Waals surface area contributed by atoms with E-state index in [1.807, 2.05) is 0 Å². The number of hydrogen-bond acceptors (Lipinski definition) is 2. The zero-order valence-electron chi connectivity index (χ0n) is 14.7. The average molecular weight is 358 g/mol. The number of aryl methyl sites for hydroxylation is 3. The molecule has 1 N–H and O–H groups in total. The first-order chi connectivity index (χ1) is 12.4. The van der Waals surface area contributed by atoms with Crippen molar-refractivity contribution in [3.05, 3.63) is 69.5 Å². The molecule has 0 unspecified atom stereocenters. The van der Waals surface area contributed by atoms with Crippen LogP contribution in [0.15, 0.2) is 36.0 Å². The highest BCUT2D eigenvalue weighted by Crippen LogP contribution is 2.39. The monoisotopic (exact) mass is 358 g/mol. The normalized spacial score (nSPS) is 17.5. The van der Waals surface area contributed by atoms with Crippen LogP contribution in [0.2, 0.25) is 0 Å². The Labute approximate surface area is 151 Å². The zero-order valence-corrected chi connectivity index (χ0v) is 14.7. The number of alkyl halides is 3. The van der Waals surface area contributed by atoms with Crippen LogP contribution >= 0.6 is 0 Å². The van der Waals surface area contributed by atoms with Gasteiger partial charge >= 0.3 is 6.18 Å². The van der Waals surface area contributed by atoms with Gasteiger partial charge in [0.05, 0.1) is 11.3 Å². The average Bonchev–Trinajstić information content (AvgIpc) is 2.77. The number of fused-ring (bicyclic) bond motifs is 2. The van der Waals surface area contributed by atoms with Crippen LogP contribution < -0.4 is 5.32 Å². The van der Waals surface area contributed by atoms with Crippen LogP contribution in [0, 0.1) is 6.92 Å². The van der Waals surface area contributed by atoms with Crippen molar-refractivity contribution in [2.24, 2.45) is 0 Å². The fraction of sp³-hybridized carbons (Fsp3) is 0.381. The molecule has 2 aromatic rings. The lowest BCUT2D eigenvalue weighted by molar-refractivity contribution is -0.137. The Balaban J connectivity index is 1.94. The molecule has 136 valence electrons. The fourth-order valence-corrected chi connectivity index (χ4v) is 3.99. The lowest BCUT2D eigenvalue weighted by Gasteiger charge is -2.22. The summed E-state index contributed by atoms with van der Waals surface area (Å²) in [6.07, 6.45) is -0.241. The number of benzene rings is 1. The van der Waals surface area contributed by atoms with Gasteiger partial charge in [-0.25, -0.2) is 0 Å². The predicted molar refractivity (Wildman–Crippen MR) is 96.0 cm³/mol. The highest BCUT2D eigenvalue weighted by molar-refractivity contribution is 5.84. The van der Waals surface area contributed by atoms with Crippen molar-refractivity contribution in [3.8, 4) is 0 Å². The molecule has 26 heavy (non-hydrogen) atoms. The Morgan fingerprint density at radius 2 is 1.69 bits per heavy atom. The highest BCUT2D eigenvalue weighted by Gasteiger charge is 2.33. The number of halogens is 3. The van der Waals surface area contributed by atoms with E-state index in [-0.39, 0.29) is 0 Å². The van der Waals surface area contributed by atoms with E-state index in [0.717, 1.165) is 55.4 Å². The Kier molecular flexibility index (Phi) is 4.35. The topological polar surface area (TPSA) is 24.9 Å². The number of rotatable bonds is 0. The molecule has 4 rings (SSSR count). The van der Waals surface area contributed by atoms with Gasteiger partial charge in [0.25, 0.3) is 0 Å². The van der Waals surface area contributed by atoms with Gasteiger partial charge in [-0.3, -0.25) is 4.98 Å². The molecule has 0 bridgehead atoms. The lowest BCUT2D eigenvalue weighted by Crippen LogP contribution is -2.24. The van der Waals surface area contributed by atoms with Gasteiger partial charge in [-0.1, -0.05) is 29.3 Å². The summed E-state index contributed by atoms with van der Waals surface area (Å²) in [4.78, 5) is 4.33. The van der Waals surface area contributed by atoms with Gasteiger partial charge in [-0.2, -0.15) is 13.2 Å². The zero-order chi connectivity index (χ0) is 18.3. The van der Waals surface area contributed by atoms with Crippen LogP contribution in [0.4, 0.5) is 13.2 Å². The number of pyridine rings is 1. The minimum absolute atomic E-state index is 0.581. The van der Waals surface area contributed by atoms with Crippen LogP contribution in [0.3, 0.4) is 0 Å². The van der Waals surface area contributed by atoms with E-state index in [9.17, 15) is 13.2 Å². The maximum Gasteiger partial charge on any atom is 0.417 e. The van der Waals surface area contributed by atoms with Crippen molar-refractivity contribution in [2.45, 2.75) is 38.8 Å². The quantitative estimate of drug-likeness (QED) is 0.739. The van der Waals surface area contributed by atoms with E-state index in [1.165, 1.54) is 22.8 Å². The molecule has 1 aromatic carbocycles. The van der Waals surface area contributed by atoms with E-state index in [2.05, 4.69) is 35.4 Å². The second kappa shape index (κ2) is 6.54. The van der Waals surface area contributed by atoms with E-state index in [1.54, 1.807) is 0 Å². The molecule has 1 aromatic heterocycles. The second-order valence-electron chi connectivity index (χ2n) is 7.12. The molecule has 2 nitrogen and oxygen atoms in total. The first-order valence-corrected chi connectivity index (χ1v) is 9.02. The van der Waals surface area contributed by atoms with E-state index in [0.29, 0.717) is 12.0 Å². The minimum atomic E-state index is -4.36. The van der Waals surface area contributed by atoms with Gasteiger partial charge in [0.15, 0.2) is 0 Å². The summed E-state index contributed by atoms with van der Waals surface area (Å²) in [5, 5.41) is 3.35. The Hall–Kier alpha value is -2.14. The summed E-state index contributed by atoms with van der Waals surface area (Å²) in [6, 6.07) is 7.65. The van der Waals surface area contributed by atoms with E-state index >= 15 is 0 Å². The molecule has 2 aliphatic rings. The molecule has 0 radical (unpaired) electrons. The number of nitrogens with one attached hydrogen (secondary N) is 1. The third-order valence-electron chi connectivity index (χ3n) is 5.29. The van der Waals surface area contributed by atoms with Crippen molar-refractivity contribution in [1.82, 2.24) is 10.3 Å². The molecular formula is C21H21F3N2. The molecule has 5 heteroatoms. The SMILES string of the molecule is Cc1ccc2c(c1)CCc1cc(C(F)(F)F)cnc1C2=C1CCNCC1. The molecule has 0 amide bonds. The van der Waals surface area contributed by atoms with Crippen molar-refractivity contribution in [3.63, 3.8) is 0 Å². The lowest BCUT2D eigenvalue weighted by atomic mass is 9.88. The molecular weight excluding hydrogens is 337 g/mol. The Morgan fingerprint density at radius 1 is 0.962 bits per heavy atom.